The number of carbonyl (C=O) groups excluding carboxylic acids is 1. The highest BCUT2D eigenvalue weighted by atomic mass is 127. The van der Waals surface area contributed by atoms with Crippen LogP contribution in [-0.2, 0) is 0 Å². The molecule has 0 radical (unpaired) electrons. The molecule has 0 fully saturated rings. The average Bonchev–Trinajstić information content (AvgIpc) is 2.39. The highest BCUT2D eigenvalue weighted by molar-refractivity contribution is 14.1. The smallest absolute Gasteiger partial charge is 0.257 e. The monoisotopic (exact) mass is 403 g/mol. The minimum atomic E-state index is -0.192. The first-order valence-corrected chi connectivity index (χ1v) is 8.19. The van der Waals surface area contributed by atoms with E-state index in [1.54, 1.807) is 23.9 Å². The Morgan fingerprint density at radius 1 is 1.26 bits per heavy atom. The van der Waals surface area contributed by atoms with E-state index in [0.29, 0.717) is 10.6 Å². The number of thioether (sulfide) groups is 1. The molecule has 0 saturated heterocycles. The number of anilines is 1. The van der Waals surface area contributed by atoms with E-state index < -0.39 is 0 Å². The van der Waals surface area contributed by atoms with Crippen molar-refractivity contribution in [2.45, 2.75) is 4.90 Å². The van der Waals surface area contributed by atoms with Gasteiger partial charge in [-0.2, -0.15) is 0 Å². The fourth-order valence-electron chi connectivity index (χ4n) is 1.57. The van der Waals surface area contributed by atoms with Crippen LogP contribution < -0.4 is 5.32 Å². The van der Waals surface area contributed by atoms with E-state index >= 15 is 0 Å². The third kappa shape index (κ3) is 3.87. The van der Waals surface area contributed by atoms with Crippen molar-refractivity contribution in [1.29, 1.82) is 0 Å². The summed E-state index contributed by atoms with van der Waals surface area (Å²) >= 11 is 9.86. The summed E-state index contributed by atoms with van der Waals surface area (Å²) < 4.78 is 1.07. The summed E-state index contributed by atoms with van der Waals surface area (Å²) in [6.45, 7) is 0. The first-order valence-electron chi connectivity index (χ1n) is 5.50. The van der Waals surface area contributed by atoms with Gasteiger partial charge in [0.1, 0.15) is 0 Å². The number of rotatable bonds is 3. The van der Waals surface area contributed by atoms with Gasteiger partial charge in [-0.25, -0.2) is 0 Å². The van der Waals surface area contributed by atoms with Crippen LogP contribution >= 0.6 is 46.0 Å². The van der Waals surface area contributed by atoms with Gasteiger partial charge in [-0.1, -0.05) is 17.7 Å². The van der Waals surface area contributed by atoms with Gasteiger partial charge in [0.25, 0.3) is 5.91 Å². The zero-order valence-electron chi connectivity index (χ0n) is 10.1. The molecule has 19 heavy (non-hydrogen) atoms. The zero-order chi connectivity index (χ0) is 13.8. The van der Waals surface area contributed by atoms with Crippen molar-refractivity contribution in [3.63, 3.8) is 0 Å². The maximum Gasteiger partial charge on any atom is 0.257 e. The largest absolute Gasteiger partial charge is 0.322 e. The highest BCUT2D eigenvalue weighted by Crippen LogP contribution is 2.24. The van der Waals surface area contributed by atoms with Crippen LogP contribution in [0.2, 0.25) is 5.02 Å². The molecule has 0 heterocycles. The van der Waals surface area contributed by atoms with E-state index in [-0.39, 0.29) is 5.91 Å². The molecule has 1 N–H and O–H groups in total. The molecule has 0 bridgehead atoms. The predicted molar refractivity (Wildman–Crippen MR) is 90.3 cm³/mol. The van der Waals surface area contributed by atoms with Crippen LogP contribution in [0.1, 0.15) is 10.4 Å². The van der Waals surface area contributed by atoms with Gasteiger partial charge in [0.15, 0.2) is 0 Å². The summed E-state index contributed by atoms with van der Waals surface area (Å²) in [5.74, 6) is -0.192. The molecule has 0 saturated carbocycles. The average molecular weight is 404 g/mol. The number of benzene rings is 2. The van der Waals surface area contributed by atoms with E-state index in [1.165, 1.54) is 0 Å². The summed E-state index contributed by atoms with van der Waals surface area (Å²) in [4.78, 5) is 13.2. The van der Waals surface area contributed by atoms with Crippen LogP contribution in [0.15, 0.2) is 47.4 Å². The third-order valence-electron chi connectivity index (χ3n) is 2.50. The molecule has 0 aliphatic heterocycles. The Labute approximate surface area is 135 Å². The van der Waals surface area contributed by atoms with Crippen molar-refractivity contribution < 1.29 is 4.79 Å². The molecule has 0 aliphatic carbocycles. The van der Waals surface area contributed by atoms with E-state index in [1.807, 2.05) is 36.6 Å². The second kappa shape index (κ2) is 6.63. The van der Waals surface area contributed by atoms with E-state index in [2.05, 4.69) is 27.9 Å². The molecule has 2 rings (SSSR count). The van der Waals surface area contributed by atoms with Crippen LogP contribution in [0.5, 0.6) is 0 Å². The fraction of sp³-hybridized carbons (Fsp3) is 0.0714. The Bertz CT molecular complexity index is 618. The molecule has 0 spiro atoms. The highest BCUT2D eigenvalue weighted by Gasteiger charge is 2.11. The molecule has 98 valence electrons. The van der Waals surface area contributed by atoms with Crippen molar-refractivity contribution in [2.24, 2.45) is 0 Å². The minimum Gasteiger partial charge on any atom is -0.322 e. The summed E-state index contributed by atoms with van der Waals surface area (Å²) in [6.07, 6.45) is 1.96. The SMILES string of the molecule is CSc1ccc(Cl)c(C(=O)Nc2cccc(I)c2)c1. The molecular weight excluding hydrogens is 393 g/mol. The molecule has 0 aliphatic rings. The molecule has 1 amide bonds. The maximum atomic E-state index is 12.2. The van der Waals surface area contributed by atoms with Gasteiger partial charge in [0.05, 0.1) is 10.6 Å². The Kier molecular flexibility index (Phi) is 5.13. The Hall–Kier alpha value is -0.720. The summed E-state index contributed by atoms with van der Waals surface area (Å²) in [6, 6.07) is 13.1. The van der Waals surface area contributed by atoms with Crippen molar-refractivity contribution in [3.05, 3.63) is 56.6 Å². The lowest BCUT2D eigenvalue weighted by Crippen LogP contribution is -2.12. The van der Waals surface area contributed by atoms with E-state index in [9.17, 15) is 4.79 Å². The van der Waals surface area contributed by atoms with Gasteiger partial charge in [-0.05, 0) is 65.2 Å². The lowest BCUT2D eigenvalue weighted by molar-refractivity contribution is 0.102. The quantitative estimate of drug-likeness (QED) is 0.582. The second-order valence-electron chi connectivity index (χ2n) is 3.81. The van der Waals surface area contributed by atoms with Crippen LogP contribution in [0, 0.1) is 3.57 Å². The van der Waals surface area contributed by atoms with Gasteiger partial charge >= 0.3 is 0 Å². The molecule has 0 unspecified atom stereocenters. The van der Waals surface area contributed by atoms with E-state index in [0.717, 1.165) is 14.2 Å². The summed E-state index contributed by atoms with van der Waals surface area (Å²) in [7, 11) is 0. The van der Waals surface area contributed by atoms with Gasteiger partial charge < -0.3 is 5.32 Å². The maximum absolute atomic E-state index is 12.2. The molecule has 2 nitrogen and oxygen atoms in total. The Morgan fingerprint density at radius 3 is 2.74 bits per heavy atom. The van der Waals surface area contributed by atoms with Crippen molar-refractivity contribution in [2.75, 3.05) is 11.6 Å². The Balaban J connectivity index is 2.25. The normalized spacial score (nSPS) is 10.3. The number of hydrogen-bond acceptors (Lipinski definition) is 2. The van der Waals surface area contributed by atoms with Crippen LogP contribution in [0.4, 0.5) is 5.69 Å². The first-order chi connectivity index (χ1) is 9.10. The number of halogens is 2. The fourth-order valence-corrected chi connectivity index (χ4v) is 2.76. The number of nitrogens with one attached hydrogen (secondary N) is 1. The summed E-state index contributed by atoms with van der Waals surface area (Å²) in [5, 5.41) is 3.31. The second-order valence-corrected chi connectivity index (χ2v) is 6.34. The standard InChI is InChI=1S/C14H11ClINOS/c1-19-11-5-6-13(15)12(8-11)14(18)17-10-4-2-3-9(16)7-10/h2-8H,1H3,(H,17,18). The Morgan fingerprint density at radius 2 is 2.05 bits per heavy atom. The zero-order valence-corrected chi connectivity index (χ0v) is 13.8. The van der Waals surface area contributed by atoms with Gasteiger partial charge in [0.2, 0.25) is 0 Å². The molecular formula is C14H11ClINOS. The van der Waals surface area contributed by atoms with Gasteiger partial charge in [0, 0.05) is 14.2 Å². The third-order valence-corrected chi connectivity index (χ3v) is 4.23. The molecule has 0 aromatic heterocycles. The predicted octanol–water partition coefficient (Wildman–Crippen LogP) is 4.92. The van der Waals surface area contributed by atoms with Crippen LogP contribution in [-0.4, -0.2) is 12.2 Å². The minimum absolute atomic E-state index is 0.192. The number of carbonyl (C=O) groups is 1. The van der Waals surface area contributed by atoms with Crippen molar-refractivity contribution in [3.8, 4) is 0 Å². The molecule has 5 heteroatoms. The van der Waals surface area contributed by atoms with Gasteiger partial charge in [-0.3, -0.25) is 4.79 Å². The van der Waals surface area contributed by atoms with Crippen molar-refractivity contribution >= 4 is 57.5 Å². The lowest BCUT2D eigenvalue weighted by atomic mass is 10.2. The number of hydrogen-bond donors (Lipinski definition) is 1. The molecule has 0 atom stereocenters. The van der Waals surface area contributed by atoms with Gasteiger partial charge in [-0.15, -0.1) is 11.8 Å². The number of amides is 1. The lowest BCUT2D eigenvalue weighted by Gasteiger charge is -2.08. The molecule has 2 aromatic carbocycles. The van der Waals surface area contributed by atoms with Crippen LogP contribution in [0.3, 0.4) is 0 Å². The van der Waals surface area contributed by atoms with E-state index in [4.69, 9.17) is 11.6 Å². The first kappa shape index (κ1) is 14.7. The molecule has 2 aromatic rings. The van der Waals surface area contributed by atoms with Crippen LogP contribution in [0.25, 0.3) is 0 Å². The van der Waals surface area contributed by atoms with Crippen molar-refractivity contribution in [1.82, 2.24) is 0 Å². The topological polar surface area (TPSA) is 29.1 Å². The summed E-state index contributed by atoms with van der Waals surface area (Å²) in [5.41, 5.74) is 1.26.